The van der Waals surface area contributed by atoms with Gasteiger partial charge in [0.25, 0.3) is 0 Å². The molecule has 2 aliphatic rings. The number of alkyl halides is 1. The van der Waals surface area contributed by atoms with Crippen LogP contribution in [0, 0.1) is 0 Å². The predicted octanol–water partition coefficient (Wildman–Crippen LogP) is 4.88. The predicted molar refractivity (Wildman–Crippen MR) is 89.5 cm³/mol. The van der Waals surface area contributed by atoms with Gasteiger partial charge in [-0.2, -0.15) is 0 Å². The summed E-state index contributed by atoms with van der Waals surface area (Å²) in [4.78, 5) is 0. The van der Waals surface area contributed by atoms with E-state index in [1.807, 2.05) is 0 Å². The average Bonchev–Trinajstić information content (AvgIpc) is 2.76. The summed E-state index contributed by atoms with van der Waals surface area (Å²) in [6.45, 7) is 0. The maximum atomic E-state index is 2.49. The molecular formula is C18H13I. The van der Waals surface area contributed by atoms with E-state index in [0.717, 1.165) is 6.42 Å². The number of hydrogen-bond acceptors (Lipinski definition) is 0. The lowest BCUT2D eigenvalue weighted by molar-refractivity contribution is 1.18. The molecule has 0 saturated carbocycles. The van der Waals surface area contributed by atoms with E-state index in [1.165, 1.54) is 33.4 Å². The van der Waals surface area contributed by atoms with Gasteiger partial charge >= 0.3 is 0 Å². The molecule has 2 aromatic carbocycles. The number of rotatable bonds is 0. The van der Waals surface area contributed by atoms with Crippen molar-refractivity contribution in [3.8, 4) is 0 Å². The van der Waals surface area contributed by atoms with Crippen LogP contribution >= 0.6 is 22.6 Å². The zero-order chi connectivity index (χ0) is 12.8. The zero-order valence-electron chi connectivity index (χ0n) is 10.4. The van der Waals surface area contributed by atoms with Crippen LogP contribution in [0.5, 0.6) is 0 Å². The Bertz CT molecular complexity index is 660. The molecule has 92 valence electrons. The summed E-state index contributed by atoms with van der Waals surface area (Å²) in [5, 5.41) is 0. The maximum Gasteiger partial charge on any atom is 0.0488 e. The lowest BCUT2D eigenvalue weighted by Crippen LogP contribution is -1.92. The van der Waals surface area contributed by atoms with Gasteiger partial charge in [0.1, 0.15) is 0 Å². The second-order valence-electron chi connectivity index (χ2n) is 5.10. The van der Waals surface area contributed by atoms with Gasteiger partial charge in [-0.1, -0.05) is 83.3 Å². The van der Waals surface area contributed by atoms with Crippen LogP contribution in [0.25, 0.3) is 11.1 Å². The number of allylic oxidation sites excluding steroid dienone is 4. The number of benzene rings is 2. The van der Waals surface area contributed by atoms with Crippen molar-refractivity contribution in [2.75, 3.05) is 0 Å². The van der Waals surface area contributed by atoms with Crippen molar-refractivity contribution in [1.82, 2.24) is 0 Å². The van der Waals surface area contributed by atoms with Crippen molar-refractivity contribution >= 4 is 33.7 Å². The highest BCUT2D eigenvalue weighted by Crippen LogP contribution is 2.43. The topological polar surface area (TPSA) is 0 Å². The minimum absolute atomic E-state index is 0.502. The van der Waals surface area contributed by atoms with Gasteiger partial charge in [0, 0.05) is 3.92 Å². The Morgan fingerprint density at radius 1 is 0.737 bits per heavy atom. The molecule has 0 nitrogen and oxygen atoms in total. The molecule has 0 heterocycles. The molecular weight excluding hydrogens is 343 g/mol. The third-order valence-electron chi connectivity index (χ3n) is 3.94. The lowest BCUT2D eigenvalue weighted by atomic mass is 9.95. The van der Waals surface area contributed by atoms with Crippen LogP contribution in [-0.2, 0) is 6.42 Å². The lowest BCUT2D eigenvalue weighted by Gasteiger charge is -2.08. The fourth-order valence-electron chi connectivity index (χ4n) is 3.10. The summed E-state index contributed by atoms with van der Waals surface area (Å²) in [5.74, 6) is 0. The van der Waals surface area contributed by atoms with E-state index < -0.39 is 0 Å². The second-order valence-corrected chi connectivity index (χ2v) is 6.53. The van der Waals surface area contributed by atoms with Crippen molar-refractivity contribution in [3.63, 3.8) is 0 Å². The van der Waals surface area contributed by atoms with E-state index in [4.69, 9.17) is 0 Å². The minimum Gasteiger partial charge on any atom is -0.0734 e. The third-order valence-corrected chi connectivity index (χ3v) is 4.66. The fraction of sp³-hybridized carbons (Fsp3) is 0.111. The molecule has 0 unspecified atom stereocenters. The van der Waals surface area contributed by atoms with Crippen LogP contribution in [0.1, 0.15) is 22.3 Å². The van der Waals surface area contributed by atoms with E-state index in [9.17, 15) is 0 Å². The Labute approximate surface area is 127 Å². The summed E-state index contributed by atoms with van der Waals surface area (Å²) >= 11 is 2.49. The average molecular weight is 356 g/mol. The van der Waals surface area contributed by atoms with Crippen LogP contribution in [0.4, 0.5) is 0 Å². The number of fused-ring (bicyclic) bond motifs is 5. The van der Waals surface area contributed by atoms with Gasteiger partial charge in [0.05, 0.1) is 0 Å². The summed E-state index contributed by atoms with van der Waals surface area (Å²) in [5.41, 5.74) is 8.53. The first-order chi connectivity index (χ1) is 9.33. The van der Waals surface area contributed by atoms with Crippen LogP contribution in [0.2, 0.25) is 0 Å². The monoisotopic (exact) mass is 356 g/mol. The van der Waals surface area contributed by atoms with Crippen LogP contribution in [0.15, 0.2) is 60.7 Å². The van der Waals surface area contributed by atoms with Gasteiger partial charge < -0.3 is 0 Å². The van der Waals surface area contributed by atoms with Crippen LogP contribution in [0.3, 0.4) is 0 Å². The first kappa shape index (κ1) is 11.5. The molecule has 0 radical (unpaired) electrons. The molecule has 19 heavy (non-hydrogen) atoms. The molecule has 0 amide bonds. The van der Waals surface area contributed by atoms with Gasteiger partial charge in [-0.15, -0.1) is 0 Å². The highest BCUT2D eigenvalue weighted by molar-refractivity contribution is 14.1. The molecule has 4 rings (SSSR count). The molecule has 0 aromatic heterocycles. The van der Waals surface area contributed by atoms with Crippen molar-refractivity contribution in [2.24, 2.45) is 0 Å². The standard InChI is InChI=1S/C18H13I/c19-14-10-17-15-7-3-1-5-12(15)9-13-6-2-4-8-16(13)18(17)11-14/h1-8,10-11,14H,9H2. The Morgan fingerprint density at radius 2 is 1.21 bits per heavy atom. The molecule has 0 atom stereocenters. The van der Waals surface area contributed by atoms with E-state index in [0.29, 0.717) is 3.92 Å². The normalized spacial score (nSPS) is 16.9. The molecule has 1 heteroatoms. The summed E-state index contributed by atoms with van der Waals surface area (Å²) in [7, 11) is 0. The van der Waals surface area contributed by atoms with Crippen molar-refractivity contribution in [2.45, 2.75) is 10.3 Å². The second kappa shape index (κ2) is 4.34. The van der Waals surface area contributed by atoms with E-state index in [2.05, 4.69) is 83.3 Å². The minimum atomic E-state index is 0.502. The van der Waals surface area contributed by atoms with E-state index in [-0.39, 0.29) is 0 Å². The molecule has 0 saturated heterocycles. The Morgan fingerprint density at radius 3 is 1.74 bits per heavy atom. The van der Waals surface area contributed by atoms with E-state index in [1.54, 1.807) is 0 Å². The highest BCUT2D eigenvalue weighted by Gasteiger charge is 2.25. The Hall–Kier alpha value is -1.35. The number of halogens is 1. The van der Waals surface area contributed by atoms with E-state index >= 15 is 0 Å². The van der Waals surface area contributed by atoms with Gasteiger partial charge in [0.15, 0.2) is 0 Å². The summed E-state index contributed by atoms with van der Waals surface area (Å²) in [6, 6.07) is 17.6. The Balaban J connectivity index is 2.05. The van der Waals surface area contributed by atoms with Crippen molar-refractivity contribution in [3.05, 3.63) is 82.9 Å². The summed E-state index contributed by atoms with van der Waals surface area (Å²) < 4.78 is 0.502. The molecule has 0 aliphatic heterocycles. The van der Waals surface area contributed by atoms with Crippen LogP contribution < -0.4 is 0 Å². The number of hydrogen-bond donors (Lipinski definition) is 0. The van der Waals surface area contributed by atoms with Gasteiger partial charge in [-0.25, -0.2) is 0 Å². The zero-order valence-corrected chi connectivity index (χ0v) is 12.6. The largest absolute Gasteiger partial charge is 0.0734 e. The van der Waals surface area contributed by atoms with Crippen molar-refractivity contribution in [1.29, 1.82) is 0 Å². The molecule has 0 bridgehead atoms. The van der Waals surface area contributed by atoms with Gasteiger partial charge in [0.2, 0.25) is 0 Å². The van der Waals surface area contributed by atoms with Crippen LogP contribution in [-0.4, -0.2) is 3.92 Å². The van der Waals surface area contributed by atoms with Crippen molar-refractivity contribution < 1.29 is 0 Å². The first-order valence-corrected chi connectivity index (χ1v) is 7.82. The third kappa shape index (κ3) is 1.79. The molecule has 0 spiro atoms. The van der Waals surface area contributed by atoms with Gasteiger partial charge in [-0.05, 0) is 39.8 Å². The summed E-state index contributed by atoms with van der Waals surface area (Å²) in [6.07, 6.45) is 5.81. The highest BCUT2D eigenvalue weighted by atomic mass is 127. The first-order valence-electron chi connectivity index (χ1n) is 6.57. The quantitative estimate of drug-likeness (QED) is 0.467. The molecule has 2 aliphatic carbocycles. The fourth-order valence-corrected chi connectivity index (χ4v) is 3.81. The van der Waals surface area contributed by atoms with Gasteiger partial charge in [-0.3, -0.25) is 0 Å². The molecule has 0 N–H and O–H groups in total. The molecule has 2 aromatic rings. The Kier molecular flexibility index (Phi) is 2.62. The SMILES string of the molecule is IC1C=C2C(=C1)c1ccccc1Cc1ccccc12. The smallest absolute Gasteiger partial charge is 0.0488 e. The molecule has 0 fully saturated rings. The maximum absolute atomic E-state index is 2.49.